The first kappa shape index (κ1) is 14.5. The Morgan fingerprint density at radius 2 is 2.06 bits per heavy atom. The van der Waals surface area contributed by atoms with E-state index in [0.717, 1.165) is 19.5 Å². The van der Waals surface area contributed by atoms with Crippen LogP contribution < -0.4 is 15.0 Å². The Morgan fingerprint density at radius 1 is 1.28 bits per heavy atom. The van der Waals surface area contributed by atoms with Crippen molar-refractivity contribution in [2.75, 3.05) is 40.3 Å². The molecule has 0 saturated carbocycles. The van der Waals surface area contributed by atoms with Crippen LogP contribution in [0, 0.1) is 11.3 Å². The van der Waals surface area contributed by atoms with E-state index in [4.69, 9.17) is 10.00 Å². The van der Waals surface area contributed by atoms with Gasteiger partial charge in [0.2, 0.25) is 0 Å². The van der Waals surface area contributed by atoms with Crippen LogP contribution >= 0.6 is 0 Å². The van der Waals surface area contributed by atoms with E-state index in [9.17, 15) is 0 Å². The van der Waals surface area contributed by atoms with Crippen LogP contribution in [0.5, 0.6) is 5.75 Å². The number of hydrogen-bond donors (Lipinski definition) is 2. The highest BCUT2D eigenvalue weighted by Gasteiger charge is 2.01. The van der Waals surface area contributed by atoms with Crippen molar-refractivity contribution in [2.45, 2.75) is 6.42 Å². The molecule has 0 aliphatic heterocycles. The van der Waals surface area contributed by atoms with Gasteiger partial charge in [-0.05, 0) is 12.1 Å². The molecule has 0 saturated heterocycles. The summed E-state index contributed by atoms with van der Waals surface area (Å²) in [6, 6.07) is 9.50. The van der Waals surface area contributed by atoms with E-state index in [1.54, 1.807) is 6.07 Å². The molecule has 0 spiro atoms. The van der Waals surface area contributed by atoms with Gasteiger partial charge in [0.25, 0.3) is 0 Å². The minimum atomic E-state index is 0.609. The van der Waals surface area contributed by atoms with E-state index in [2.05, 4.69) is 25.5 Å². The maximum atomic E-state index is 8.90. The number of rotatable bonds is 8. The maximum absolute atomic E-state index is 8.90. The lowest BCUT2D eigenvalue weighted by Gasteiger charge is -2.08. The lowest BCUT2D eigenvalue weighted by atomic mass is 10.2. The second-order valence-corrected chi connectivity index (χ2v) is 4.63. The van der Waals surface area contributed by atoms with E-state index < -0.39 is 0 Å². The Bertz CT molecular complexity index is 385. The third-order valence-corrected chi connectivity index (χ3v) is 2.67. The van der Waals surface area contributed by atoms with Crippen LogP contribution in [-0.2, 0) is 0 Å². The van der Waals surface area contributed by atoms with Gasteiger partial charge in [0.05, 0.1) is 32.8 Å². The van der Waals surface area contributed by atoms with Crippen molar-refractivity contribution in [3.63, 3.8) is 0 Å². The molecular weight excluding hydrogens is 226 g/mol. The van der Waals surface area contributed by atoms with E-state index >= 15 is 0 Å². The number of benzene rings is 1. The number of hydrogen-bond acceptors (Lipinski definition) is 2. The summed E-state index contributed by atoms with van der Waals surface area (Å²) in [6.45, 7) is 4.07. The number of para-hydroxylation sites is 1. The lowest BCUT2D eigenvalue weighted by Crippen LogP contribution is -3.09. The molecule has 0 aliphatic rings. The van der Waals surface area contributed by atoms with Gasteiger partial charge in [-0.15, -0.1) is 0 Å². The number of nitriles is 1. The Morgan fingerprint density at radius 3 is 2.78 bits per heavy atom. The van der Waals surface area contributed by atoms with Gasteiger partial charge in [0.1, 0.15) is 24.9 Å². The van der Waals surface area contributed by atoms with Gasteiger partial charge in [0, 0.05) is 6.42 Å². The normalized spacial score (nSPS) is 10.3. The van der Waals surface area contributed by atoms with Crippen LogP contribution in [0.3, 0.4) is 0 Å². The van der Waals surface area contributed by atoms with E-state index in [-0.39, 0.29) is 0 Å². The number of nitrogens with one attached hydrogen (secondary N) is 1. The van der Waals surface area contributed by atoms with Gasteiger partial charge in [-0.1, -0.05) is 12.1 Å². The molecular formula is C14H23N3O+2. The van der Waals surface area contributed by atoms with Crippen LogP contribution in [0.25, 0.3) is 0 Å². The van der Waals surface area contributed by atoms with Crippen molar-refractivity contribution in [1.29, 1.82) is 5.26 Å². The molecule has 1 aromatic rings. The Hall–Kier alpha value is -1.57. The number of likely N-dealkylation sites (N-methyl/N-ethyl adjacent to an activating group) is 1. The summed E-state index contributed by atoms with van der Waals surface area (Å²) in [4.78, 5) is 1.48. The average Bonchev–Trinajstić information content (AvgIpc) is 2.37. The number of quaternary nitrogens is 2. The van der Waals surface area contributed by atoms with E-state index in [1.807, 2.05) is 18.2 Å². The third kappa shape index (κ3) is 5.67. The van der Waals surface area contributed by atoms with Crippen molar-refractivity contribution in [3.05, 3.63) is 29.8 Å². The molecule has 0 aliphatic carbocycles. The van der Waals surface area contributed by atoms with Crippen molar-refractivity contribution in [1.82, 2.24) is 0 Å². The smallest absolute Gasteiger partial charge is 0.137 e. The van der Waals surface area contributed by atoms with Gasteiger partial charge in [-0.2, -0.15) is 5.26 Å². The van der Waals surface area contributed by atoms with Crippen LogP contribution in [0.1, 0.15) is 12.0 Å². The molecule has 0 radical (unpaired) electrons. The highest BCUT2D eigenvalue weighted by molar-refractivity contribution is 5.42. The fourth-order valence-electron chi connectivity index (χ4n) is 1.63. The summed E-state index contributed by atoms with van der Waals surface area (Å²) in [6.07, 6.45) is 1.00. The fourth-order valence-corrected chi connectivity index (χ4v) is 1.63. The first-order valence-corrected chi connectivity index (χ1v) is 6.46. The summed E-state index contributed by atoms with van der Waals surface area (Å²) < 4.78 is 5.61. The van der Waals surface area contributed by atoms with Crippen LogP contribution in [-0.4, -0.2) is 40.3 Å². The fraction of sp³-hybridized carbons (Fsp3) is 0.500. The predicted molar refractivity (Wildman–Crippen MR) is 70.6 cm³/mol. The number of nitrogens with zero attached hydrogens (tertiary/aromatic N) is 1. The van der Waals surface area contributed by atoms with Crippen LogP contribution in [0.4, 0.5) is 0 Å². The van der Waals surface area contributed by atoms with Crippen molar-refractivity contribution in [2.24, 2.45) is 0 Å². The standard InChI is InChI=1S/C14H21N3O/c1-17(2)10-9-16-8-5-11-18-14-7-4-3-6-13(14)12-15/h3-4,6-7,16H,5,8-11H2,1-2H3/p+2. The molecule has 1 rings (SSSR count). The minimum Gasteiger partial charge on any atom is -0.492 e. The molecule has 0 amide bonds. The summed E-state index contributed by atoms with van der Waals surface area (Å²) in [5, 5.41) is 11.2. The summed E-state index contributed by atoms with van der Waals surface area (Å²) in [7, 11) is 4.32. The molecule has 0 aromatic heterocycles. The van der Waals surface area contributed by atoms with Crippen LogP contribution in [0.2, 0.25) is 0 Å². The van der Waals surface area contributed by atoms with E-state index in [0.29, 0.717) is 17.9 Å². The molecule has 4 heteroatoms. The Labute approximate surface area is 109 Å². The zero-order chi connectivity index (χ0) is 13.2. The Kier molecular flexibility index (Phi) is 6.85. The molecule has 3 N–H and O–H groups in total. The quantitative estimate of drug-likeness (QED) is 0.583. The maximum Gasteiger partial charge on any atom is 0.137 e. The molecule has 0 heterocycles. The van der Waals surface area contributed by atoms with Crippen molar-refractivity contribution < 1.29 is 15.0 Å². The predicted octanol–water partition coefficient (Wildman–Crippen LogP) is -0.965. The van der Waals surface area contributed by atoms with Crippen molar-refractivity contribution >= 4 is 0 Å². The largest absolute Gasteiger partial charge is 0.492 e. The molecule has 0 atom stereocenters. The van der Waals surface area contributed by atoms with Gasteiger partial charge >= 0.3 is 0 Å². The second-order valence-electron chi connectivity index (χ2n) is 4.63. The van der Waals surface area contributed by atoms with Gasteiger partial charge in [-0.25, -0.2) is 0 Å². The number of nitrogens with two attached hydrogens (primary N) is 1. The summed E-state index contributed by atoms with van der Waals surface area (Å²) >= 11 is 0. The molecule has 0 fully saturated rings. The first-order chi connectivity index (χ1) is 8.74. The van der Waals surface area contributed by atoms with Gasteiger partial charge in [0.15, 0.2) is 0 Å². The topological polar surface area (TPSA) is 54.1 Å². The highest BCUT2D eigenvalue weighted by Crippen LogP contribution is 2.16. The van der Waals surface area contributed by atoms with Gasteiger partial charge < -0.3 is 15.0 Å². The monoisotopic (exact) mass is 249 g/mol. The second kappa shape index (κ2) is 8.51. The molecule has 0 unspecified atom stereocenters. The lowest BCUT2D eigenvalue weighted by molar-refractivity contribution is -0.874. The van der Waals surface area contributed by atoms with E-state index in [1.165, 1.54) is 11.4 Å². The molecule has 0 bridgehead atoms. The summed E-state index contributed by atoms with van der Waals surface area (Å²) in [5.41, 5.74) is 0.609. The van der Waals surface area contributed by atoms with Crippen molar-refractivity contribution in [3.8, 4) is 11.8 Å². The average molecular weight is 249 g/mol. The third-order valence-electron chi connectivity index (χ3n) is 2.67. The minimum absolute atomic E-state index is 0.609. The first-order valence-electron chi connectivity index (χ1n) is 6.46. The summed E-state index contributed by atoms with van der Waals surface area (Å²) in [5.74, 6) is 0.692. The highest BCUT2D eigenvalue weighted by atomic mass is 16.5. The SMILES string of the molecule is C[NH+](C)CC[NH2+]CCCOc1ccccc1C#N. The molecule has 18 heavy (non-hydrogen) atoms. The molecule has 4 nitrogen and oxygen atoms in total. The molecule has 1 aromatic carbocycles. The zero-order valence-corrected chi connectivity index (χ0v) is 11.3. The zero-order valence-electron chi connectivity index (χ0n) is 11.3. The Balaban J connectivity index is 2.13. The molecule has 98 valence electrons. The van der Waals surface area contributed by atoms with Crippen LogP contribution in [0.15, 0.2) is 24.3 Å². The van der Waals surface area contributed by atoms with Gasteiger partial charge in [-0.3, -0.25) is 0 Å². The number of ether oxygens (including phenoxy) is 1.